The molecule has 1 saturated carbocycles. The summed E-state index contributed by atoms with van der Waals surface area (Å²) in [5.41, 5.74) is -0.263. The van der Waals surface area contributed by atoms with E-state index in [2.05, 4.69) is 24.8 Å². The minimum atomic E-state index is -1.09. The van der Waals surface area contributed by atoms with E-state index < -0.39 is 10.8 Å². The SMILES string of the molecule is O=S1CCN(C2(CO)CCC2)c2nc(N3CCCC(c4ncc(Cl)cn4)CC3)ncc21. The van der Waals surface area contributed by atoms with Crippen molar-refractivity contribution in [3.05, 3.63) is 29.4 Å². The van der Waals surface area contributed by atoms with Gasteiger partial charge in [-0.15, -0.1) is 0 Å². The van der Waals surface area contributed by atoms with E-state index in [1.165, 1.54) is 0 Å². The van der Waals surface area contributed by atoms with Gasteiger partial charge in [0.2, 0.25) is 5.95 Å². The zero-order valence-electron chi connectivity index (χ0n) is 17.4. The van der Waals surface area contributed by atoms with Gasteiger partial charge in [-0.05, 0) is 38.5 Å². The van der Waals surface area contributed by atoms with Crippen LogP contribution in [-0.4, -0.2) is 66.8 Å². The number of hydrogen-bond donors (Lipinski definition) is 1. The van der Waals surface area contributed by atoms with Crippen LogP contribution < -0.4 is 9.80 Å². The molecule has 2 unspecified atom stereocenters. The molecule has 2 atom stereocenters. The number of aliphatic hydroxyl groups is 1. The van der Waals surface area contributed by atoms with E-state index in [0.29, 0.717) is 28.2 Å². The summed E-state index contributed by atoms with van der Waals surface area (Å²) >= 11 is 5.93. The maximum Gasteiger partial charge on any atom is 0.227 e. The van der Waals surface area contributed by atoms with Crippen LogP contribution in [0, 0.1) is 0 Å². The highest BCUT2D eigenvalue weighted by molar-refractivity contribution is 7.85. The van der Waals surface area contributed by atoms with Crippen molar-refractivity contribution in [3.63, 3.8) is 0 Å². The molecule has 166 valence electrons. The van der Waals surface area contributed by atoms with Gasteiger partial charge < -0.3 is 14.9 Å². The second-order valence-corrected chi connectivity index (χ2v) is 10.6. The van der Waals surface area contributed by atoms with Crippen molar-refractivity contribution in [2.45, 2.75) is 54.9 Å². The van der Waals surface area contributed by atoms with E-state index in [-0.39, 0.29) is 18.1 Å². The van der Waals surface area contributed by atoms with Gasteiger partial charge in [-0.25, -0.2) is 15.0 Å². The van der Waals surface area contributed by atoms with E-state index in [0.717, 1.165) is 63.3 Å². The van der Waals surface area contributed by atoms with Gasteiger partial charge in [0.15, 0.2) is 5.82 Å². The third-order valence-corrected chi connectivity index (χ3v) is 8.42. The quantitative estimate of drug-likeness (QED) is 0.740. The Kier molecular flexibility index (Phi) is 5.83. The lowest BCUT2D eigenvalue weighted by Gasteiger charge is -2.51. The first-order valence-electron chi connectivity index (χ1n) is 11.0. The number of halogens is 1. The maximum absolute atomic E-state index is 12.6. The molecule has 4 heterocycles. The third kappa shape index (κ3) is 3.91. The Morgan fingerprint density at radius 1 is 1.10 bits per heavy atom. The van der Waals surface area contributed by atoms with Crippen LogP contribution in [0.2, 0.25) is 5.02 Å². The molecule has 0 spiro atoms. The number of rotatable bonds is 4. The molecule has 1 aliphatic carbocycles. The Labute approximate surface area is 189 Å². The van der Waals surface area contributed by atoms with E-state index >= 15 is 0 Å². The molecule has 0 bridgehead atoms. The molecule has 3 aliphatic rings. The molecule has 0 aromatic carbocycles. The average molecular weight is 463 g/mol. The fourth-order valence-electron chi connectivity index (χ4n) is 4.90. The minimum absolute atomic E-state index is 0.102. The smallest absolute Gasteiger partial charge is 0.227 e. The Morgan fingerprint density at radius 3 is 2.61 bits per heavy atom. The molecule has 10 heteroatoms. The van der Waals surface area contributed by atoms with Crippen molar-refractivity contribution in [3.8, 4) is 0 Å². The number of fused-ring (bicyclic) bond motifs is 1. The lowest BCUT2D eigenvalue weighted by Crippen LogP contribution is -2.59. The first-order chi connectivity index (χ1) is 15.1. The van der Waals surface area contributed by atoms with Gasteiger partial charge in [0.25, 0.3) is 0 Å². The zero-order chi connectivity index (χ0) is 21.4. The second-order valence-electron chi connectivity index (χ2n) is 8.67. The molecule has 1 saturated heterocycles. The number of aromatic nitrogens is 4. The van der Waals surface area contributed by atoms with Crippen molar-refractivity contribution in [1.29, 1.82) is 0 Å². The molecular formula is C21H27ClN6O2S. The van der Waals surface area contributed by atoms with Gasteiger partial charge in [0, 0.05) is 43.7 Å². The number of hydrogen-bond acceptors (Lipinski definition) is 8. The number of nitrogens with zero attached hydrogens (tertiary/aromatic N) is 6. The molecule has 2 aromatic rings. The zero-order valence-corrected chi connectivity index (χ0v) is 19.0. The van der Waals surface area contributed by atoms with Crippen LogP contribution in [0.4, 0.5) is 11.8 Å². The number of aliphatic hydroxyl groups excluding tert-OH is 1. The number of anilines is 2. The van der Waals surface area contributed by atoms with Crippen LogP contribution in [-0.2, 0) is 10.8 Å². The van der Waals surface area contributed by atoms with Crippen LogP contribution >= 0.6 is 11.6 Å². The van der Waals surface area contributed by atoms with Gasteiger partial charge in [-0.1, -0.05) is 11.6 Å². The molecule has 2 fully saturated rings. The Morgan fingerprint density at radius 2 is 1.90 bits per heavy atom. The lowest BCUT2D eigenvalue weighted by molar-refractivity contribution is 0.115. The third-order valence-electron chi connectivity index (χ3n) is 6.89. The summed E-state index contributed by atoms with van der Waals surface area (Å²) in [7, 11) is -1.09. The average Bonchev–Trinajstić information content (AvgIpc) is 3.01. The van der Waals surface area contributed by atoms with Crippen LogP contribution in [0.15, 0.2) is 23.5 Å². The Balaban J connectivity index is 1.38. The minimum Gasteiger partial charge on any atom is -0.394 e. The summed E-state index contributed by atoms with van der Waals surface area (Å²) in [4.78, 5) is 23.4. The molecule has 1 N–H and O–H groups in total. The van der Waals surface area contributed by atoms with E-state index in [9.17, 15) is 9.32 Å². The summed E-state index contributed by atoms with van der Waals surface area (Å²) in [6.07, 6.45) is 11.0. The standard InChI is InChI=1S/C21H27ClN6O2S/c22-16-11-23-18(24-12-16)15-3-1-7-27(8-4-15)20-25-13-17-19(26-20)28(9-10-31(17)30)21(14-29)5-2-6-21/h11-13,15,29H,1-10,14H2. The van der Waals surface area contributed by atoms with Gasteiger partial charge in [-0.3, -0.25) is 4.21 Å². The molecule has 31 heavy (non-hydrogen) atoms. The molecule has 8 nitrogen and oxygen atoms in total. The highest BCUT2D eigenvalue weighted by Gasteiger charge is 2.45. The van der Waals surface area contributed by atoms with Crippen molar-refractivity contribution in [2.75, 3.05) is 41.8 Å². The van der Waals surface area contributed by atoms with Crippen molar-refractivity contribution in [2.24, 2.45) is 0 Å². The highest BCUT2D eigenvalue weighted by atomic mass is 35.5. The first-order valence-corrected chi connectivity index (χ1v) is 12.7. The monoisotopic (exact) mass is 462 g/mol. The summed E-state index contributed by atoms with van der Waals surface area (Å²) in [6, 6.07) is 0. The molecular weight excluding hydrogens is 436 g/mol. The van der Waals surface area contributed by atoms with Crippen molar-refractivity contribution in [1.82, 2.24) is 19.9 Å². The predicted molar refractivity (Wildman–Crippen MR) is 120 cm³/mol. The molecule has 0 amide bonds. The topological polar surface area (TPSA) is 95.3 Å². The molecule has 5 rings (SSSR count). The van der Waals surface area contributed by atoms with Gasteiger partial charge in [0.05, 0.1) is 39.1 Å². The van der Waals surface area contributed by atoms with Crippen LogP contribution in [0.5, 0.6) is 0 Å². The molecule has 2 aliphatic heterocycles. The molecule has 2 aromatic heterocycles. The fraction of sp³-hybridized carbons (Fsp3) is 0.619. The van der Waals surface area contributed by atoms with Crippen molar-refractivity contribution >= 4 is 34.2 Å². The summed E-state index contributed by atoms with van der Waals surface area (Å²) in [5, 5.41) is 10.6. The highest BCUT2D eigenvalue weighted by Crippen LogP contribution is 2.43. The normalized spacial score (nSPS) is 25.5. The summed E-state index contributed by atoms with van der Waals surface area (Å²) in [6.45, 7) is 2.43. The fourth-order valence-corrected chi connectivity index (χ4v) is 6.09. The molecule has 0 radical (unpaired) electrons. The van der Waals surface area contributed by atoms with Gasteiger partial charge in [0.1, 0.15) is 5.82 Å². The largest absolute Gasteiger partial charge is 0.394 e. The second kappa shape index (κ2) is 8.60. The van der Waals surface area contributed by atoms with Gasteiger partial charge in [-0.2, -0.15) is 4.98 Å². The van der Waals surface area contributed by atoms with Crippen LogP contribution in [0.1, 0.15) is 50.3 Å². The van der Waals surface area contributed by atoms with Gasteiger partial charge >= 0.3 is 0 Å². The summed E-state index contributed by atoms with van der Waals surface area (Å²) < 4.78 is 12.6. The predicted octanol–water partition coefficient (Wildman–Crippen LogP) is 2.54. The maximum atomic E-state index is 12.6. The van der Waals surface area contributed by atoms with Crippen LogP contribution in [0.25, 0.3) is 0 Å². The van der Waals surface area contributed by atoms with Crippen LogP contribution in [0.3, 0.4) is 0 Å². The van der Waals surface area contributed by atoms with E-state index in [1.54, 1.807) is 18.6 Å². The Bertz CT molecular complexity index is 965. The lowest BCUT2D eigenvalue weighted by atomic mass is 9.76. The van der Waals surface area contributed by atoms with Crippen molar-refractivity contribution < 1.29 is 9.32 Å². The van der Waals surface area contributed by atoms with E-state index in [4.69, 9.17) is 16.6 Å². The first kappa shape index (κ1) is 21.0. The summed E-state index contributed by atoms with van der Waals surface area (Å²) in [5.74, 6) is 3.10. The Hall–Kier alpha value is -1.84. The van der Waals surface area contributed by atoms with E-state index in [1.807, 2.05) is 0 Å².